The van der Waals surface area contributed by atoms with Crippen LogP contribution < -0.4 is 15.8 Å². The van der Waals surface area contributed by atoms with Crippen molar-refractivity contribution < 1.29 is 4.74 Å². The minimum absolute atomic E-state index is 0.584. The average Bonchev–Trinajstić information content (AvgIpc) is 2.32. The quantitative estimate of drug-likeness (QED) is 0.778. The summed E-state index contributed by atoms with van der Waals surface area (Å²) in [5, 5.41) is 3.27. The third-order valence-corrected chi connectivity index (χ3v) is 2.82. The van der Waals surface area contributed by atoms with Gasteiger partial charge in [-0.05, 0) is 12.0 Å². The summed E-state index contributed by atoms with van der Waals surface area (Å²) >= 11 is 0. The Labute approximate surface area is 97.2 Å². The number of hydrogen-bond donors (Lipinski definition) is 2. The molecule has 90 valence electrons. The van der Waals surface area contributed by atoms with E-state index in [0.717, 1.165) is 19.4 Å². The van der Waals surface area contributed by atoms with Crippen molar-refractivity contribution in [1.82, 2.24) is 4.98 Å². The first-order valence-corrected chi connectivity index (χ1v) is 5.75. The molecule has 0 atom stereocenters. The standard InChI is InChI=1S/C12H21N3O/c1-4-9(5-2)8-14-12-10(13)6-7-11(15-12)16-3/h6-7,9H,4-5,8,13H2,1-3H3,(H,14,15). The maximum Gasteiger partial charge on any atom is 0.215 e. The molecular formula is C12H21N3O. The van der Waals surface area contributed by atoms with Gasteiger partial charge in [0, 0.05) is 12.6 Å². The zero-order valence-corrected chi connectivity index (χ0v) is 10.3. The number of hydrogen-bond acceptors (Lipinski definition) is 4. The Hall–Kier alpha value is -1.45. The first-order chi connectivity index (χ1) is 7.71. The summed E-state index contributed by atoms with van der Waals surface area (Å²) < 4.78 is 5.06. The molecule has 4 heteroatoms. The van der Waals surface area contributed by atoms with Crippen molar-refractivity contribution in [1.29, 1.82) is 0 Å². The van der Waals surface area contributed by atoms with Crippen LogP contribution in [0.5, 0.6) is 5.88 Å². The van der Waals surface area contributed by atoms with Crippen LogP contribution in [-0.4, -0.2) is 18.6 Å². The van der Waals surface area contributed by atoms with Crippen LogP contribution in [0.15, 0.2) is 12.1 Å². The average molecular weight is 223 g/mol. The van der Waals surface area contributed by atoms with E-state index >= 15 is 0 Å². The molecule has 0 amide bonds. The number of nitrogens with two attached hydrogens (primary N) is 1. The van der Waals surface area contributed by atoms with Crippen LogP contribution in [0.1, 0.15) is 26.7 Å². The van der Waals surface area contributed by atoms with Crippen LogP contribution >= 0.6 is 0 Å². The predicted octanol–water partition coefficient (Wildman–Crippen LogP) is 2.52. The number of pyridine rings is 1. The van der Waals surface area contributed by atoms with Crippen molar-refractivity contribution in [2.45, 2.75) is 26.7 Å². The second kappa shape index (κ2) is 6.20. The van der Waals surface area contributed by atoms with Gasteiger partial charge in [0.2, 0.25) is 5.88 Å². The van der Waals surface area contributed by atoms with Gasteiger partial charge in [0.1, 0.15) is 0 Å². The fourth-order valence-corrected chi connectivity index (χ4v) is 1.53. The summed E-state index contributed by atoms with van der Waals surface area (Å²) in [6.07, 6.45) is 2.32. The lowest BCUT2D eigenvalue weighted by atomic mass is 10.0. The molecule has 0 bridgehead atoms. The lowest BCUT2D eigenvalue weighted by Crippen LogP contribution is -2.14. The Morgan fingerprint density at radius 3 is 2.62 bits per heavy atom. The Balaban J connectivity index is 2.65. The number of ether oxygens (including phenoxy) is 1. The third kappa shape index (κ3) is 3.29. The fraction of sp³-hybridized carbons (Fsp3) is 0.583. The van der Waals surface area contributed by atoms with Crippen LogP contribution in [-0.2, 0) is 0 Å². The van der Waals surface area contributed by atoms with E-state index in [2.05, 4.69) is 24.1 Å². The van der Waals surface area contributed by atoms with Crippen LogP contribution in [0.3, 0.4) is 0 Å². The fourth-order valence-electron chi connectivity index (χ4n) is 1.53. The van der Waals surface area contributed by atoms with Gasteiger partial charge in [-0.1, -0.05) is 26.7 Å². The maximum absolute atomic E-state index is 5.83. The molecule has 0 aliphatic carbocycles. The Morgan fingerprint density at radius 1 is 1.38 bits per heavy atom. The van der Waals surface area contributed by atoms with Crippen molar-refractivity contribution in [3.63, 3.8) is 0 Å². The van der Waals surface area contributed by atoms with Gasteiger partial charge in [-0.2, -0.15) is 4.98 Å². The molecule has 0 saturated carbocycles. The molecular weight excluding hydrogens is 202 g/mol. The maximum atomic E-state index is 5.83. The Kier molecular flexibility index (Phi) is 4.89. The molecule has 0 fully saturated rings. The lowest BCUT2D eigenvalue weighted by molar-refractivity contribution is 0.398. The minimum Gasteiger partial charge on any atom is -0.481 e. The van der Waals surface area contributed by atoms with E-state index in [-0.39, 0.29) is 0 Å². The number of methoxy groups -OCH3 is 1. The number of nitrogen functional groups attached to an aromatic ring is 1. The van der Waals surface area contributed by atoms with Gasteiger partial charge in [-0.3, -0.25) is 0 Å². The van der Waals surface area contributed by atoms with E-state index in [1.165, 1.54) is 0 Å². The second-order valence-corrected chi connectivity index (χ2v) is 3.85. The number of anilines is 2. The Morgan fingerprint density at radius 2 is 2.06 bits per heavy atom. The summed E-state index contributed by atoms with van der Waals surface area (Å²) in [7, 11) is 1.60. The van der Waals surface area contributed by atoms with Crippen LogP contribution in [0.2, 0.25) is 0 Å². The van der Waals surface area contributed by atoms with Gasteiger partial charge in [0.15, 0.2) is 5.82 Å². The van der Waals surface area contributed by atoms with E-state index in [1.807, 2.05) is 0 Å². The first kappa shape index (κ1) is 12.6. The van der Waals surface area contributed by atoms with Gasteiger partial charge in [0.05, 0.1) is 12.8 Å². The molecule has 0 aliphatic rings. The monoisotopic (exact) mass is 223 g/mol. The summed E-state index contributed by atoms with van der Waals surface area (Å²) in [6.45, 7) is 5.29. The molecule has 1 aromatic rings. The highest BCUT2D eigenvalue weighted by Gasteiger charge is 2.06. The van der Waals surface area contributed by atoms with E-state index in [4.69, 9.17) is 10.5 Å². The van der Waals surface area contributed by atoms with Crippen LogP contribution in [0.25, 0.3) is 0 Å². The SMILES string of the molecule is CCC(CC)CNc1nc(OC)ccc1N. The van der Waals surface area contributed by atoms with Crippen molar-refractivity contribution in [2.24, 2.45) is 5.92 Å². The largest absolute Gasteiger partial charge is 0.481 e. The van der Waals surface area contributed by atoms with Gasteiger partial charge in [0.25, 0.3) is 0 Å². The Bertz CT molecular complexity index is 324. The van der Waals surface area contributed by atoms with Crippen molar-refractivity contribution in [2.75, 3.05) is 24.7 Å². The minimum atomic E-state index is 0.584. The van der Waals surface area contributed by atoms with Crippen LogP contribution in [0, 0.1) is 5.92 Å². The molecule has 0 unspecified atom stereocenters. The molecule has 0 aromatic carbocycles. The van der Waals surface area contributed by atoms with Crippen molar-refractivity contribution in [3.05, 3.63) is 12.1 Å². The predicted molar refractivity (Wildman–Crippen MR) is 67.8 cm³/mol. The van der Waals surface area contributed by atoms with Crippen molar-refractivity contribution in [3.8, 4) is 5.88 Å². The molecule has 4 nitrogen and oxygen atoms in total. The zero-order valence-electron chi connectivity index (χ0n) is 10.3. The molecule has 1 rings (SSSR count). The van der Waals surface area contributed by atoms with E-state index < -0.39 is 0 Å². The number of aromatic nitrogens is 1. The van der Waals surface area contributed by atoms with E-state index in [1.54, 1.807) is 19.2 Å². The number of nitrogens with one attached hydrogen (secondary N) is 1. The summed E-state index contributed by atoms with van der Waals surface area (Å²) in [4.78, 5) is 4.27. The molecule has 0 aliphatic heterocycles. The summed E-state index contributed by atoms with van der Waals surface area (Å²) in [6, 6.07) is 3.57. The molecule has 0 radical (unpaired) electrons. The smallest absolute Gasteiger partial charge is 0.215 e. The molecule has 3 N–H and O–H groups in total. The van der Waals surface area contributed by atoms with Gasteiger partial charge >= 0.3 is 0 Å². The van der Waals surface area contributed by atoms with Crippen molar-refractivity contribution >= 4 is 11.5 Å². The second-order valence-electron chi connectivity index (χ2n) is 3.85. The molecule has 16 heavy (non-hydrogen) atoms. The van der Waals surface area contributed by atoms with Gasteiger partial charge in [-0.15, -0.1) is 0 Å². The molecule has 0 saturated heterocycles. The van der Waals surface area contributed by atoms with Crippen LogP contribution in [0.4, 0.5) is 11.5 Å². The topological polar surface area (TPSA) is 60.2 Å². The first-order valence-electron chi connectivity index (χ1n) is 5.75. The highest BCUT2D eigenvalue weighted by atomic mass is 16.5. The van der Waals surface area contributed by atoms with Gasteiger partial charge < -0.3 is 15.8 Å². The normalized spacial score (nSPS) is 10.5. The number of rotatable bonds is 6. The van der Waals surface area contributed by atoms with Gasteiger partial charge in [-0.25, -0.2) is 0 Å². The highest BCUT2D eigenvalue weighted by Crippen LogP contribution is 2.20. The molecule has 1 aromatic heterocycles. The third-order valence-electron chi connectivity index (χ3n) is 2.82. The highest BCUT2D eigenvalue weighted by molar-refractivity contribution is 5.61. The van der Waals surface area contributed by atoms with E-state index in [0.29, 0.717) is 23.3 Å². The van der Waals surface area contributed by atoms with E-state index in [9.17, 15) is 0 Å². The lowest BCUT2D eigenvalue weighted by Gasteiger charge is -2.15. The number of nitrogens with zero attached hydrogens (tertiary/aromatic N) is 1. The molecule has 1 heterocycles. The summed E-state index contributed by atoms with van der Waals surface area (Å²) in [5.74, 6) is 1.96. The summed E-state index contributed by atoms with van der Waals surface area (Å²) in [5.41, 5.74) is 6.49. The molecule has 0 spiro atoms. The zero-order chi connectivity index (χ0) is 12.0.